The van der Waals surface area contributed by atoms with Crippen molar-refractivity contribution in [2.75, 3.05) is 18.1 Å². The van der Waals surface area contributed by atoms with Gasteiger partial charge in [0.25, 0.3) is 0 Å². The summed E-state index contributed by atoms with van der Waals surface area (Å²) in [5.74, 6) is -1.40. The van der Waals surface area contributed by atoms with Gasteiger partial charge in [-0.3, -0.25) is 4.90 Å². The Morgan fingerprint density at radius 2 is 1.63 bits per heavy atom. The number of ether oxygens (including phenoxy) is 3. The zero-order valence-electron chi connectivity index (χ0n) is 21.8. The number of carbonyl (C=O) groups is 2. The number of hydrogen-bond acceptors (Lipinski definition) is 6. The van der Waals surface area contributed by atoms with Crippen LogP contribution in [0.4, 0.5) is 14.9 Å². The maximum Gasteiger partial charge on any atom is 0.414 e. The summed E-state index contributed by atoms with van der Waals surface area (Å²) in [5.41, 5.74) is -0.288. The molecule has 0 atom stereocenters. The van der Waals surface area contributed by atoms with E-state index in [2.05, 4.69) is 15.9 Å². The lowest BCUT2D eigenvalue weighted by Gasteiger charge is -2.30. The molecule has 3 aromatic carbocycles. The molecule has 0 spiro atoms. The molecule has 0 saturated heterocycles. The number of para-hydroxylation sites is 1. The van der Waals surface area contributed by atoms with Crippen molar-refractivity contribution < 1.29 is 33.3 Å². The van der Waals surface area contributed by atoms with Crippen molar-refractivity contribution in [2.24, 2.45) is 0 Å². The van der Waals surface area contributed by atoms with E-state index in [1.54, 1.807) is 51.1 Å². The predicted molar refractivity (Wildman–Crippen MR) is 146 cm³/mol. The maximum atomic E-state index is 15.6. The number of amides is 1. The molecule has 0 saturated carbocycles. The molecule has 3 rings (SSSR count). The molecular weight excluding hydrogens is 557 g/mol. The first-order valence-electron chi connectivity index (χ1n) is 12.1. The Labute approximate surface area is 230 Å². The zero-order chi connectivity index (χ0) is 27.9. The molecule has 0 aliphatic heterocycles. The van der Waals surface area contributed by atoms with E-state index in [0.717, 1.165) is 10.5 Å². The number of halogens is 2. The number of rotatable bonds is 9. The fourth-order valence-corrected chi connectivity index (χ4v) is 4.30. The summed E-state index contributed by atoms with van der Waals surface area (Å²) in [6.07, 6.45) is -0.620. The van der Waals surface area contributed by atoms with Crippen LogP contribution in [0, 0.1) is 12.7 Å². The van der Waals surface area contributed by atoms with Gasteiger partial charge in [-0.05, 0) is 67.7 Å². The Hall–Kier alpha value is -3.43. The zero-order valence-corrected chi connectivity index (χ0v) is 23.4. The third-order valence-electron chi connectivity index (χ3n) is 5.35. The monoisotopic (exact) mass is 587 g/mol. The van der Waals surface area contributed by atoms with Crippen molar-refractivity contribution in [1.29, 1.82) is 0 Å². The second kappa shape index (κ2) is 12.9. The van der Waals surface area contributed by atoms with Crippen molar-refractivity contribution >= 4 is 33.7 Å². The summed E-state index contributed by atoms with van der Waals surface area (Å²) >= 11 is 3.28. The van der Waals surface area contributed by atoms with Crippen LogP contribution >= 0.6 is 15.9 Å². The fraction of sp³-hybridized carbons (Fsp3) is 0.310. The minimum atomic E-state index is -0.857. The van der Waals surface area contributed by atoms with Crippen molar-refractivity contribution in [3.8, 4) is 11.5 Å². The molecule has 1 N–H and O–H groups in total. The third-order valence-corrected chi connectivity index (χ3v) is 6.08. The third kappa shape index (κ3) is 7.33. The predicted octanol–water partition coefficient (Wildman–Crippen LogP) is 6.82. The van der Waals surface area contributed by atoms with Crippen molar-refractivity contribution in [2.45, 2.75) is 46.3 Å². The molecule has 7 nitrogen and oxygen atoms in total. The normalized spacial score (nSPS) is 11.1. The second-order valence-corrected chi connectivity index (χ2v) is 10.3. The van der Waals surface area contributed by atoms with Crippen molar-refractivity contribution in [3.05, 3.63) is 87.6 Å². The smallest absolute Gasteiger partial charge is 0.414 e. The molecule has 202 valence electrons. The van der Waals surface area contributed by atoms with Gasteiger partial charge in [0, 0.05) is 18.7 Å². The number of hydrogen-bond donors (Lipinski definition) is 1. The largest absolute Gasteiger partial charge is 0.486 e. The Bertz CT molecular complexity index is 1260. The average Bonchev–Trinajstić information content (AvgIpc) is 2.87. The lowest BCUT2D eigenvalue weighted by molar-refractivity contribution is 0.0575. The lowest BCUT2D eigenvalue weighted by atomic mass is 10.0. The topological polar surface area (TPSA) is 85.3 Å². The molecule has 0 fully saturated rings. The van der Waals surface area contributed by atoms with Crippen LogP contribution in [0.1, 0.15) is 48.7 Å². The Kier molecular flexibility index (Phi) is 9.88. The number of aliphatic hydroxyl groups is 1. The molecule has 9 heteroatoms. The van der Waals surface area contributed by atoms with Crippen LogP contribution in [0.5, 0.6) is 11.5 Å². The number of benzene rings is 3. The van der Waals surface area contributed by atoms with Crippen LogP contribution in [0.3, 0.4) is 0 Å². The van der Waals surface area contributed by atoms with Crippen molar-refractivity contribution in [1.82, 2.24) is 0 Å². The minimum absolute atomic E-state index is 0.0177. The first kappa shape index (κ1) is 29.1. The molecule has 0 heterocycles. The van der Waals surface area contributed by atoms with E-state index >= 15 is 4.39 Å². The first-order valence-corrected chi connectivity index (χ1v) is 12.9. The van der Waals surface area contributed by atoms with E-state index in [-0.39, 0.29) is 59.0 Å². The van der Waals surface area contributed by atoms with Crippen LogP contribution in [0.25, 0.3) is 0 Å². The maximum absolute atomic E-state index is 15.6. The second-order valence-electron chi connectivity index (χ2n) is 9.49. The number of esters is 1. The van der Waals surface area contributed by atoms with Gasteiger partial charge in [0.15, 0.2) is 5.75 Å². The van der Waals surface area contributed by atoms with Crippen LogP contribution in [-0.4, -0.2) is 35.9 Å². The van der Waals surface area contributed by atoms with E-state index < -0.39 is 23.5 Å². The molecule has 0 aliphatic carbocycles. The SMILES string of the molecule is Cc1c(F)c(Br)c(N(CCCO)C(=O)OC(C)(C)C)c(OCc2ccccc2)c1C(=O)Oc1ccccc1. The molecule has 38 heavy (non-hydrogen) atoms. The average molecular weight is 588 g/mol. The Balaban J connectivity index is 2.21. The molecule has 0 aromatic heterocycles. The van der Waals surface area contributed by atoms with Gasteiger partial charge in [0.05, 0.1) is 4.47 Å². The molecule has 1 amide bonds. The standard InChI is InChI=1S/C29H31BrFNO6/c1-19-22(27(34)37-21-14-9-6-10-15-21)26(36-18-20-12-7-5-8-13-20)25(23(30)24(19)31)32(16-11-17-33)28(35)38-29(2,3)4/h5-10,12-15,33H,11,16-18H2,1-4H3. The Morgan fingerprint density at radius 1 is 1.03 bits per heavy atom. The molecule has 0 unspecified atom stereocenters. The molecule has 0 radical (unpaired) electrons. The number of nitrogens with zero attached hydrogens (tertiary/aromatic N) is 1. The highest BCUT2D eigenvalue weighted by atomic mass is 79.9. The summed E-state index contributed by atoms with van der Waals surface area (Å²) in [6, 6.07) is 17.6. The van der Waals surface area contributed by atoms with E-state index in [0.29, 0.717) is 0 Å². The molecule has 0 aliphatic rings. The van der Waals surface area contributed by atoms with Gasteiger partial charge in [0.2, 0.25) is 0 Å². The number of anilines is 1. The number of carbonyl (C=O) groups excluding carboxylic acids is 2. The van der Waals surface area contributed by atoms with Crippen molar-refractivity contribution in [3.63, 3.8) is 0 Å². The van der Waals surface area contributed by atoms with Crippen LogP contribution in [0.2, 0.25) is 0 Å². The lowest BCUT2D eigenvalue weighted by Crippen LogP contribution is -2.38. The van der Waals surface area contributed by atoms with Crippen LogP contribution in [0.15, 0.2) is 65.1 Å². The Morgan fingerprint density at radius 3 is 2.21 bits per heavy atom. The van der Waals surface area contributed by atoms with Gasteiger partial charge < -0.3 is 19.3 Å². The summed E-state index contributed by atoms with van der Waals surface area (Å²) in [6.45, 7) is 6.32. The molecule has 3 aromatic rings. The van der Waals surface area contributed by atoms with Gasteiger partial charge in [-0.25, -0.2) is 14.0 Å². The minimum Gasteiger partial charge on any atom is -0.486 e. The van der Waals surface area contributed by atoms with Gasteiger partial charge in [0.1, 0.15) is 35.0 Å². The van der Waals surface area contributed by atoms with E-state index in [9.17, 15) is 14.7 Å². The van der Waals surface area contributed by atoms with Crippen LogP contribution in [-0.2, 0) is 11.3 Å². The van der Waals surface area contributed by atoms with Gasteiger partial charge in [-0.1, -0.05) is 48.5 Å². The summed E-state index contributed by atoms with van der Waals surface area (Å²) in [4.78, 5) is 27.9. The summed E-state index contributed by atoms with van der Waals surface area (Å²) in [7, 11) is 0. The molecule has 0 bridgehead atoms. The van der Waals surface area contributed by atoms with Gasteiger partial charge in [-0.15, -0.1) is 0 Å². The fourth-order valence-electron chi connectivity index (χ4n) is 3.61. The van der Waals surface area contributed by atoms with Gasteiger partial charge >= 0.3 is 12.1 Å². The van der Waals surface area contributed by atoms with E-state index in [1.807, 2.05) is 30.3 Å². The van der Waals surface area contributed by atoms with E-state index in [4.69, 9.17) is 14.2 Å². The highest BCUT2D eigenvalue weighted by Crippen LogP contribution is 2.44. The van der Waals surface area contributed by atoms with Gasteiger partial charge in [-0.2, -0.15) is 0 Å². The summed E-state index contributed by atoms with van der Waals surface area (Å²) < 4.78 is 32.8. The quantitative estimate of drug-likeness (QED) is 0.218. The highest BCUT2D eigenvalue weighted by molar-refractivity contribution is 9.10. The molecular formula is C29H31BrFNO6. The number of aliphatic hydroxyl groups excluding tert-OH is 1. The highest BCUT2D eigenvalue weighted by Gasteiger charge is 2.34. The van der Waals surface area contributed by atoms with Crippen LogP contribution < -0.4 is 14.4 Å². The first-order chi connectivity index (χ1) is 18.0. The van der Waals surface area contributed by atoms with E-state index in [1.165, 1.54) is 6.92 Å². The summed E-state index contributed by atoms with van der Waals surface area (Å²) in [5, 5.41) is 9.50.